The number of hydrogen-bond donors (Lipinski definition) is 3. The van der Waals surface area contributed by atoms with Crippen molar-refractivity contribution in [3.8, 4) is 0 Å². The van der Waals surface area contributed by atoms with Gasteiger partial charge in [0, 0.05) is 18.2 Å². The Morgan fingerprint density at radius 3 is 2.38 bits per heavy atom. The van der Waals surface area contributed by atoms with Crippen LogP contribution < -0.4 is 11.1 Å². The number of carboxylic acid groups (broad SMARTS) is 1. The normalized spacial score (nSPS) is 13.5. The Bertz CT molecular complexity index is 471. The minimum atomic E-state index is -0.815. The minimum Gasteiger partial charge on any atom is -0.481 e. The maximum Gasteiger partial charge on any atom is 0.303 e. The number of benzene rings is 1. The van der Waals surface area contributed by atoms with Gasteiger partial charge in [0.1, 0.15) is 0 Å². The smallest absolute Gasteiger partial charge is 0.303 e. The zero-order valence-electron chi connectivity index (χ0n) is 12.6. The molecular formula is C16H24N2O3. The highest BCUT2D eigenvalue weighted by atomic mass is 16.4. The van der Waals surface area contributed by atoms with Crippen molar-refractivity contribution in [1.29, 1.82) is 0 Å². The summed E-state index contributed by atoms with van der Waals surface area (Å²) in [4.78, 5) is 22.5. The van der Waals surface area contributed by atoms with Crippen LogP contribution in [0.1, 0.15) is 51.0 Å². The molecule has 4 N–H and O–H groups in total. The fourth-order valence-electron chi connectivity index (χ4n) is 2.20. The van der Waals surface area contributed by atoms with Crippen molar-refractivity contribution in [1.82, 2.24) is 0 Å². The molecule has 0 aliphatic heterocycles. The van der Waals surface area contributed by atoms with Crippen LogP contribution in [0.25, 0.3) is 0 Å². The minimum absolute atomic E-state index is 0.0507. The monoisotopic (exact) mass is 292 g/mol. The van der Waals surface area contributed by atoms with Gasteiger partial charge in [-0.05, 0) is 30.0 Å². The molecule has 1 rings (SSSR count). The number of anilines is 1. The second kappa shape index (κ2) is 8.42. The standard InChI is InChI=1S/C16H24N2O3/c1-3-4-13(17)10-15(19)18-14-7-5-12(6-8-14)11(2)9-16(20)21/h5-8,11,13H,3-4,9-10,17H2,1-2H3,(H,18,19)(H,20,21). The van der Waals surface area contributed by atoms with Crippen LogP contribution in [0.4, 0.5) is 5.69 Å². The number of carbonyl (C=O) groups excluding carboxylic acids is 1. The first-order valence-electron chi connectivity index (χ1n) is 7.29. The summed E-state index contributed by atoms with van der Waals surface area (Å²) >= 11 is 0. The topological polar surface area (TPSA) is 92.4 Å². The van der Waals surface area contributed by atoms with Gasteiger partial charge in [-0.25, -0.2) is 0 Å². The highest BCUT2D eigenvalue weighted by molar-refractivity contribution is 5.91. The van der Waals surface area contributed by atoms with Crippen molar-refractivity contribution in [2.75, 3.05) is 5.32 Å². The second-order valence-electron chi connectivity index (χ2n) is 5.42. The lowest BCUT2D eigenvalue weighted by molar-refractivity contribution is -0.137. The van der Waals surface area contributed by atoms with E-state index in [0.29, 0.717) is 12.1 Å². The molecule has 0 heterocycles. The van der Waals surface area contributed by atoms with E-state index in [0.717, 1.165) is 18.4 Å². The van der Waals surface area contributed by atoms with Crippen LogP contribution in [0.2, 0.25) is 0 Å². The van der Waals surface area contributed by atoms with Crippen LogP contribution in [-0.4, -0.2) is 23.0 Å². The lowest BCUT2D eigenvalue weighted by Crippen LogP contribution is -2.26. The highest BCUT2D eigenvalue weighted by Gasteiger charge is 2.11. The molecule has 0 aliphatic carbocycles. The summed E-state index contributed by atoms with van der Waals surface area (Å²) < 4.78 is 0. The highest BCUT2D eigenvalue weighted by Crippen LogP contribution is 2.21. The molecule has 116 valence electrons. The summed E-state index contributed by atoms with van der Waals surface area (Å²) in [7, 11) is 0. The van der Waals surface area contributed by atoms with Crippen LogP contribution in [0.5, 0.6) is 0 Å². The van der Waals surface area contributed by atoms with Gasteiger partial charge in [0.05, 0.1) is 6.42 Å². The summed E-state index contributed by atoms with van der Waals surface area (Å²) in [5.41, 5.74) is 7.48. The number of nitrogens with one attached hydrogen (secondary N) is 1. The van der Waals surface area contributed by atoms with E-state index in [4.69, 9.17) is 10.8 Å². The fraction of sp³-hybridized carbons (Fsp3) is 0.500. The van der Waals surface area contributed by atoms with E-state index in [1.165, 1.54) is 0 Å². The van der Waals surface area contributed by atoms with Crippen molar-refractivity contribution in [2.24, 2.45) is 5.73 Å². The van der Waals surface area contributed by atoms with Crippen molar-refractivity contribution >= 4 is 17.6 Å². The van der Waals surface area contributed by atoms with Crippen LogP contribution >= 0.6 is 0 Å². The summed E-state index contributed by atoms with van der Waals surface area (Å²) in [5.74, 6) is -0.961. The van der Waals surface area contributed by atoms with Crippen LogP contribution in [0.3, 0.4) is 0 Å². The molecule has 0 bridgehead atoms. The first-order valence-corrected chi connectivity index (χ1v) is 7.29. The van der Waals surface area contributed by atoms with Crippen molar-refractivity contribution in [3.05, 3.63) is 29.8 Å². The largest absolute Gasteiger partial charge is 0.481 e. The van der Waals surface area contributed by atoms with Gasteiger partial charge in [-0.2, -0.15) is 0 Å². The molecule has 0 spiro atoms. The molecule has 0 aromatic heterocycles. The summed E-state index contributed by atoms with van der Waals surface area (Å²) in [6.07, 6.45) is 2.20. The Kier molecular flexibility index (Phi) is 6.88. The van der Waals surface area contributed by atoms with Gasteiger partial charge in [-0.1, -0.05) is 32.4 Å². The van der Waals surface area contributed by atoms with Gasteiger partial charge in [-0.15, -0.1) is 0 Å². The van der Waals surface area contributed by atoms with Gasteiger partial charge < -0.3 is 16.2 Å². The van der Waals surface area contributed by atoms with E-state index < -0.39 is 5.97 Å². The molecule has 2 unspecified atom stereocenters. The number of rotatable bonds is 8. The Hall–Kier alpha value is -1.88. The average molecular weight is 292 g/mol. The Labute approximate surface area is 125 Å². The molecule has 0 aliphatic rings. The summed E-state index contributed by atoms with van der Waals surface area (Å²) in [5, 5.41) is 11.6. The average Bonchev–Trinajstić information content (AvgIpc) is 2.38. The predicted octanol–water partition coefficient (Wildman–Crippen LogP) is 2.72. The molecule has 5 heteroatoms. The third-order valence-corrected chi connectivity index (χ3v) is 3.35. The van der Waals surface area contributed by atoms with Crippen LogP contribution in [0.15, 0.2) is 24.3 Å². The first kappa shape index (κ1) is 17.2. The van der Waals surface area contributed by atoms with Gasteiger partial charge in [0.2, 0.25) is 5.91 Å². The quantitative estimate of drug-likeness (QED) is 0.687. The van der Waals surface area contributed by atoms with Crippen molar-refractivity contribution in [3.63, 3.8) is 0 Å². The molecule has 0 saturated heterocycles. The van der Waals surface area contributed by atoms with E-state index in [1.807, 2.05) is 26.0 Å². The van der Waals surface area contributed by atoms with Crippen molar-refractivity contribution in [2.45, 2.75) is 51.5 Å². The number of amides is 1. The molecule has 1 aromatic carbocycles. The van der Waals surface area contributed by atoms with Crippen LogP contribution in [-0.2, 0) is 9.59 Å². The maximum atomic E-state index is 11.8. The number of carboxylic acids is 1. The van der Waals surface area contributed by atoms with Crippen molar-refractivity contribution < 1.29 is 14.7 Å². The Morgan fingerprint density at radius 2 is 1.86 bits per heavy atom. The Balaban J connectivity index is 2.54. The number of carbonyl (C=O) groups is 2. The molecule has 1 amide bonds. The van der Waals surface area contributed by atoms with Gasteiger partial charge in [0.25, 0.3) is 0 Å². The number of nitrogens with two attached hydrogens (primary N) is 1. The predicted molar refractivity (Wildman–Crippen MR) is 83.2 cm³/mol. The molecule has 0 saturated carbocycles. The summed E-state index contributed by atoms with van der Waals surface area (Å²) in [6, 6.07) is 7.16. The van der Waals surface area contributed by atoms with Crippen LogP contribution in [0, 0.1) is 0 Å². The number of hydrogen-bond acceptors (Lipinski definition) is 3. The zero-order valence-corrected chi connectivity index (χ0v) is 12.6. The summed E-state index contributed by atoms with van der Waals surface area (Å²) in [6.45, 7) is 3.90. The SMILES string of the molecule is CCCC(N)CC(=O)Nc1ccc(C(C)CC(=O)O)cc1. The lowest BCUT2D eigenvalue weighted by Gasteiger charge is -2.12. The fourth-order valence-corrected chi connectivity index (χ4v) is 2.20. The van der Waals surface area contributed by atoms with E-state index in [2.05, 4.69) is 5.32 Å². The molecule has 0 fully saturated rings. The Morgan fingerprint density at radius 1 is 1.24 bits per heavy atom. The first-order chi connectivity index (χ1) is 9.92. The van der Waals surface area contributed by atoms with E-state index in [-0.39, 0.29) is 24.3 Å². The molecule has 21 heavy (non-hydrogen) atoms. The van der Waals surface area contributed by atoms with Gasteiger partial charge in [0.15, 0.2) is 0 Å². The lowest BCUT2D eigenvalue weighted by atomic mass is 9.98. The van der Waals surface area contributed by atoms with E-state index >= 15 is 0 Å². The van der Waals surface area contributed by atoms with E-state index in [1.54, 1.807) is 12.1 Å². The number of aliphatic carboxylic acids is 1. The second-order valence-corrected chi connectivity index (χ2v) is 5.42. The zero-order chi connectivity index (χ0) is 15.8. The molecule has 1 aromatic rings. The van der Waals surface area contributed by atoms with Gasteiger partial charge >= 0.3 is 5.97 Å². The third kappa shape index (κ3) is 6.40. The molecule has 0 radical (unpaired) electrons. The van der Waals surface area contributed by atoms with Gasteiger partial charge in [-0.3, -0.25) is 9.59 Å². The molecular weight excluding hydrogens is 268 g/mol. The molecule has 5 nitrogen and oxygen atoms in total. The van der Waals surface area contributed by atoms with E-state index in [9.17, 15) is 9.59 Å². The third-order valence-electron chi connectivity index (χ3n) is 3.35. The maximum absolute atomic E-state index is 11.8. The molecule has 2 atom stereocenters.